The van der Waals surface area contributed by atoms with Gasteiger partial charge in [-0.2, -0.15) is 5.10 Å². The molecule has 1 N–H and O–H groups in total. The minimum atomic E-state index is -0.209. The zero-order valence-corrected chi connectivity index (χ0v) is 12.0. The van der Waals surface area contributed by atoms with Crippen molar-refractivity contribution >= 4 is 38.9 Å². The van der Waals surface area contributed by atoms with E-state index in [1.807, 2.05) is 25.1 Å². The number of nitrogens with one attached hydrogen (secondary N) is 1. The average molecular weight is 324 g/mol. The van der Waals surface area contributed by atoms with Gasteiger partial charge in [-0.1, -0.05) is 0 Å². The number of nitrogens with zero attached hydrogens (tertiary/aromatic N) is 2. The lowest BCUT2D eigenvalue weighted by Crippen LogP contribution is -2.18. The number of halogens is 1. The molecular formula is C12H10BrN3OS. The molecule has 2 aromatic heterocycles. The molecule has 18 heavy (non-hydrogen) atoms. The van der Waals surface area contributed by atoms with Crippen LogP contribution < -0.4 is 5.43 Å². The Bertz CT molecular complexity index is 580. The molecule has 0 unspecified atom stereocenters. The summed E-state index contributed by atoms with van der Waals surface area (Å²) in [6, 6.07) is 7.26. The van der Waals surface area contributed by atoms with Gasteiger partial charge in [0.1, 0.15) is 0 Å². The van der Waals surface area contributed by atoms with E-state index in [1.165, 1.54) is 11.3 Å². The molecule has 0 aliphatic rings. The highest BCUT2D eigenvalue weighted by atomic mass is 79.9. The summed E-state index contributed by atoms with van der Waals surface area (Å²) in [6.45, 7) is 1.83. The first-order valence-corrected chi connectivity index (χ1v) is 6.78. The van der Waals surface area contributed by atoms with Crippen molar-refractivity contribution in [1.82, 2.24) is 10.4 Å². The molecule has 0 spiro atoms. The molecule has 2 rings (SSSR count). The van der Waals surface area contributed by atoms with Gasteiger partial charge in [0.05, 0.1) is 14.4 Å². The first-order valence-electron chi connectivity index (χ1n) is 5.17. The molecule has 0 saturated heterocycles. The lowest BCUT2D eigenvalue weighted by atomic mass is 10.2. The van der Waals surface area contributed by atoms with Crippen molar-refractivity contribution in [2.24, 2.45) is 5.10 Å². The van der Waals surface area contributed by atoms with E-state index < -0.39 is 0 Å². The van der Waals surface area contributed by atoms with Crippen LogP contribution in [0.15, 0.2) is 45.5 Å². The Kier molecular flexibility index (Phi) is 4.22. The van der Waals surface area contributed by atoms with Gasteiger partial charge in [-0.3, -0.25) is 9.78 Å². The molecule has 2 heterocycles. The van der Waals surface area contributed by atoms with Crippen LogP contribution in [0.4, 0.5) is 0 Å². The first kappa shape index (κ1) is 12.9. The van der Waals surface area contributed by atoms with E-state index in [1.54, 1.807) is 18.5 Å². The van der Waals surface area contributed by atoms with Crippen LogP contribution in [0.2, 0.25) is 0 Å². The van der Waals surface area contributed by atoms with Crippen molar-refractivity contribution in [3.05, 3.63) is 50.9 Å². The van der Waals surface area contributed by atoms with Gasteiger partial charge < -0.3 is 0 Å². The highest BCUT2D eigenvalue weighted by Crippen LogP contribution is 2.21. The Morgan fingerprint density at radius 3 is 2.67 bits per heavy atom. The molecule has 0 saturated carbocycles. The Morgan fingerprint density at radius 2 is 2.06 bits per heavy atom. The molecule has 1 amide bonds. The molecule has 2 aromatic rings. The Hall–Kier alpha value is -1.53. The minimum Gasteiger partial charge on any atom is -0.266 e. The first-order chi connectivity index (χ1) is 8.66. The Balaban J connectivity index is 2.05. The largest absolute Gasteiger partial charge is 0.281 e. The summed E-state index contributed by atoms with van der Waals surface area (Å²) >= 11 is 4.68. The number of carbonyl (C=O) groups is 1. The Labute approximate surface area is 117 Å². The van der Waals surface area contributed by atoms with E-state index in [0.717, 1.165) is 15.1 Å². The maximum atomic E-state index is 11.8. The SMILES string of the molecule is C/C(=N/NC(=O)c1ccc(Br)s1)c1ccncc1. The van der Waals surface area contributed by atoms with Crippen molar-refractivity contribution < 1.29 is 4.79 Å². The van der Waals surface area contributed by atoms with Crippen LogP contribution in [-0.2, 0) is 0 Å². The molecule has 0 aromatic carbocycles. The fourth-order valence-corrected chi connectivity index (χ4v) is 2.56. The zero-order valence-electron chi connectivity index (χ0n) is 9.55. The van der Waals surface area contributed by atoms with Gasteiger partial charge in [0.15, 0.2) is 0 Å². The fourth-order valence-electron chi connectivity index (χ4n) is 1.28. The molecule has 4 nitrogen and oxygen atoms in total. The number of hydrazone groups is 1. The third-order valence-corrected chi connectivity index (χ3v) is 3.84. The summed E-state index contributed by atoms with van der Waals surface area (Å²) in [7, 11) is 0. The molecule has 0 aliphatic heterocycles. The molecule has 92 valence electrons. The normalized spacial score (nSPS) is 11.3. The Morgan fingerprint density at radius 1 is 1.33 bits per heavy atom. The van der Waals surface area contributed by atoms with Gasteiger partial charge in [0.25, 0.3) is 5.91 Å². The van der Waals surface area contributed by atoms with Crippen LogP contribution in [-0.4, -0.2) is 16.6 Å². The second kappa shape index (κ2) is 5.88. The maximum Gasteiger partial charge on any atom is 0.281 e. The average Bonchev–Trinajstić information content (AvgIpc) is 2.83. The van der Waals surface area contributed by atoms with Crippen LogP contribution in [0.25, 0.3) is 0 Å². The number of pyridine rings is 1. The number of amides is 1. The van der Waals surface area contributed by atoms with Gasteiger partial charge in [0, 0.05) is 18.0 Å². The summed E-state index contributed by atoms with van der Waals surface area (Å²) in [5, 5.41) is 4.06. The maximum absolute atomic E-state index is 11.8. The molecule has 0 fully saturated rings. The van der Waals surface area contributed by atoms with Crippen LogP contribution in [0.3, 0.4) is 0 Å². The van der Waals surface area contributed by atoms with Crippen LogP contribution in [0.5, 0.6) is 0 Å². The summed E-state index contributed by atoms with van der Waals surface area (Å²) in [4.78, 5) is 16.3. The van der Waals surface area contributed by atoms with E-state index in [9.17, 15) is 4.79 Å². The van der Waals surface area contributed by atoms with E-state index in [4.69, 9.17) is 0 Å². The predicted molar refractivity (Wildman–Crippen MR) is 75.9 cm³/mol. The lowest BCUT2D eigenvalue weighted by Gasteiger charge is -2.00. The number of carbonyl (C=O) groups excluding carboxylic acids is 1. The second-order valence-corrected chi connectivity index (χ2v) is 5.94. The van der Waals surface area contributed by atoms with E-state index in [2.05, 4.69) is 31.4 Å². The van der Waals surface area contributed by atoms with Crippen molar-refractivity contribution in [3.8, 4) is 0 Å². The van der Waals surface area contributed by atoms with Crippen LogP contribution in [0, 0.1) is 0 Å². The summed E-state index contributed by atoms with van der Waals surface area (Å²) in [5.41, 5.74) is 4.19. The molecule has 6 heteroatoms. The molecule has 0 aliphatic carbocycles. The third-order valence-electron chi connectivity index (χ3n) is 2.22. The number of rotatable bonds is 3. The number of hydrogen-bond acceptors (Lipinski definition) is 4. The standard InChI is InChI=1S/C12H10BrN3OS/c1-8(9-4-6-14-7-5-9)15-16-12(17)10-2-3-11(13)18-10/h2-7H,1H3,(H,16,17)/b15-8-. The van der Waals surface area contributed by atoms with Crippen molar-refractivity contribution in [2.75, 3.05) is 0 Å². The van der Waals surface area contributed by atoms with E-state index >= 15 is 0 Å². The van der Waals surface area contributed by atoms with E-state index in [-0.39, 0.29) is 5.91 Å². The lowest BCUT2D eigenvalue weighted by molar-refractivity contribution is 0.0959. The minimum absolute atomic E-state index is 0.209. The van der Waals surface area contributed by atoms with E-state index in [0.29, 0.717) is 4.88 Å². The summed E-state index contributed by atoms with van der Waals surface area (Å²) in [5.74, 6) is -0.209. The number of hydrogen-bond donors (Lipinski definition) is 1. The predicted octanol–water partition coefficient (Wildman–Crippen LogP) is 3.06. The fraction of sp³-hybridized carbons (Fsp3) is 0.0833. The number of aromatic nitrogens is 1. The summed E-state index contributed by atoms with van der Waals surface area (Å²) < 4.78 is 0.919. The van der Waals surface area contributed by atoms with Gasteiger partial charge in [0.2, 0.25) is 0 Å². The molecule has 0 radical (unpaired) electrons. The van der Waals surface area contributed by atoms with Crippen molar-refractivity contribution in [3.63, 3.8) is 0 Å². The van der Waals surface area contributed by atoms with Gasteiger partial charge in [-0.25, -0.2) is 5.43 Å². The van der Waals surface area contributed by atoms with Crippen LogP contribution >= 0.6 is 27.3 Å². The second-order valence-electron chi connectivity index (χ2n) is 3.48. The highest BCUT2D eigenvalue weighted by Gasteiger charge is 2.07. The smallest absolute Gasteiger partial charge is 0.266 e. The van der Waals surface area contributed by atoms with Gasteiger partial charge >= 0.3 is 0 Å². The van der Waals surface area contributed by atoms with Crippen LogP contribution in [0.1, 0.15) is 22.2 Å². The van der Waals surface area contributed by atoms with Crippen molar-refractivity contribution in [1.29, 1.82) is 0 Å². The van der Waals surface area contributed by atoms with Gasteiger partial charge in [-0.15, -0.1) is 11.3 Å². The quantitative estimate of drug-likeness (QED) is 0.697. The molecule has 0 bridgehead atoms. The molecular weight excluding hydrogens is 314 g/mol. The van der Waals surface area contributed by atoms with Crippen molar-refractivity contribution in [2.45, 2.75) is 6.92 Å². The zero-order chi connectivity index (χ0) is 13.0. The monoisotopic (exact) mass is 323 g/mol. The third kappa shape index (κ3) is 3.24. The number of thiophene rings is 1. The summed E-state index contributed by atoms with van der Waals surface area (Å²) in [6.07, 6.45) is 3.37. The highest BCUT2D eigenvalue weighted by molar-refractivity contribution is 9.11. The molecule has 0 atom stereocenters. The van der Waals surface area contributed by atoms with Gasteiger partial charge in [-0.05, 0) is 47.1 Å². The topological polar surface area (TPSA) is 54.4 Å².